The van der Waals surface area contributed by atoms with E-state index in [1.807, 2.05) is 41.3 Å². The Morgan fingerprint density at radius 3 is 2.74 bits per heavy atom. The van der Waals surface area contributed by atoms with E-state index in [0.29, 0.717) is 13.2 Å². The predicted octanol–water partition coefficient (Wildman–Crippen LogP) is 4.53. The molecule has 2 aromatic rings. The van der Waals surface area contributed by atoms with Crippen LogP contribution in [0.25, 0.3) is 6.08 Å². The summed E-state index contributed by atoms with van der Waals surface area (Å²) < 4.78 is 11.5. The van der Waals surface area contributed by atoms with E-state index in [2.05, 4.69) is 19.1 Å². The molecule has 1 atom stereocenters. The fraction of sp³-hybridized carbons (Fsp3) is 0.348. The van der Waals surface area contributed by atoms with Gasteiger partial charge in [0.05, 0.1) is 19.3 Å². The van der Waals surface area contributed by atoms with Crippen molar-refractivity contribution < 1.29 is 14.3 Å². The number of carbonyl (C=O) groups is 1. The number of likely N-dealkylation sites (tertiary alicyclic amines) is 1. The van der Waals surface area contributed by atoms with E-state index in [9.17, 15) is 4.79 Å². The number of rotatable bonds is 3. The van der Waals surface area contributed by atoms with Gasteiger partial charge in [0.2, 0.25) is 5.91 Å². The maximum absolute atomic E-state index is 12.8. The number of fused-ring (bicyclic) bond motifs is 1. The Bertz CT molecular complexity index is 858. The van der Waals surface area contributed by atoms with Gasteiger partial charge in [0.1, 0.15) is 0 Å². The first kappa shape index (κ1) is 17.7. The molecule has 0 aliphatic carbocycles. The highest BCUT2D eigenvalue weighted by Crippen LogP contribution is 2.38. The molecule has 1 saturated heterocycles. The minimum Gasteiger partial charge on any atom is -0.490 e. The van der Waals surface area contributed by atoms with Crippen LogP contribution < -0.4 is 9.47 Å². The minimum absolute atomic E-state index is 0.0628. The van der Waals surface area contributed by atoms with E-state index in [1.165, 1.54) is 5.56 Å². The molecule has 0 saturated carbocycles. The Morgan fingerprint density at radius 2 is 1.89 bits per heavy atom. The number of aryl methyl sites for hydroxylation is 1. The lowest BCUT2D eigenvalue weighted by Gasteiger charge is -2.24. The molecule has 2 aliphatic rings. The quantitative estimate of drug-likeness (QED) is 0.752. The summed E-state index contributed by atoms with van der Waals surface area (Å²) in [5, 5.41) is 0. The van der Waals surface area contributed by atoms with Crippen LogP contribution in [0.2, 0.25) is 0 Å². The van der Waals surface area contributed by atoms with Crippen LogP contribution in [0.4, 0.5) is 0 Å². The molecule has 4 nitrogen and oxygen atoms in total. The first-order valence-electron chi connectivity index (χ1n) is 9.66. The fourth-order valence-corrected chi connectivity index (χ4v) is 3.79. The van der Waals surface area contributed by atoms with Crippen molar-refractivity contribution in [3.8, 4) is 11.5 Å². The van der Waals surface area contributed by atoms with Crippen LogP contribution in [0, 0.1) is 6.92 Å². The molecule has 1 unspecified atom stereocenters. The van der Waals surface area contributed by atoms with Crippen LogP contribution in [0.1, 0.15) is 42.0 Å². The molecule has 0 radical (unpaired) electrons. The molecule has 2 aliphatic heterocycles. The van der Waals surface area contributed by atoms with Gasteiger partial charge in [-0.2, -0.15) is 0 Å². The number of hydrogen-bond acceptors (Lipinski definition) is 3. The van der Waals surface area contributed by atoms with Gasteiger partial charge in [-0.15, -0.1) is 0 Å². The molecule has 0 N–H and O–H groups in total. The third kappa shape index (κ3) is 3.85. The molecule has 4 heteroatoms. The normalized spacial score (nSPS) is 19.3. The van der Waals surface area contributed by atoms with Gasteiger partial charge >= 0.3 is 0 Å². The molecule has 1 fully saturated rings. The maximum Gasteiger partial charge on any atom is 0.247 e. The third-order valence-corrected chi connectivity index (χ3v) is 5.29. The highest BCUT2D eigenvalue weighted by atomic mass is 16.5. The van der Waals surface area contributed by atoms with Gasteiger partial charge in [0.15, 0.2) is 11.5 Å². The van der Waals surface area contributed by atoms with Gasteiger partial charge in [-0.1, -0.05) is 30.3 Å². The fourth-order valence-electron chi connectivity index (χ4n) is 3.79. The van der Waals surface area contributed by atoms with Crippen LogP contribution in [0.5, 0.6) is 11.5 Å². The average molecular weight is 363 g/mol. The first-order valence-corrected chi connectivity index (χ1v) is 9.66. The second kappa shape index (κ2) is 7.87. The van der Waals surface area contributed by atoms with Gasteiger partial charge in [0, 0.05) is 19.0 Å². The summed E-state index contributed by atoms with van der Waals surface area (Å²) in [4.78, 5) is 14.8. The van der Waals surface area contributed by atoms with Crippen molar-refractivity contribution in [1.29, 1.82) is 0 Å². The third-order valence-electron chi connectivity index (χ3n) is 5.29. The maximum atomic E-state index is 12.8. The van der Waals surface area contributed by atoms with Crippen molar-refractivity contribution >= 4 is 12.0 Å². The summed E-state index contributed by atoms with van der Waals surface area (Å²) >= 11 is 0. The number of carbonyl (C=O) groups excluding carboxylic acids is 1. The van der Waals surface area contributed by atoms with Crippen molar-refractivity contribution in [1.82, 2.24) is 4.90 Å². The van der Waals surface area contributed by atoms with Crippen LogP contribution in [-0.2, 0) is 4.79 Å². The van der Waals surface area contributed by atoms with E-state index < -0.39 is 0 Å². The molecule has 2 heterocycles. The number of ether oxygens (including phenoxy) is 2. The van der Waals surface area contributed by atoms with Crippen molar-refractivity contribution in [2.45, 2.75) is 32.2 Å². The Labute approximate surface area is 160 Å². The summed E-state index contributed by atoms with van der Waals surface area (Å²) in [7, 11) is 0. The zero-order valence-corrected chi connectivity index (χ0v) is 15.7. The highest BCUT2D eigenvalue weighted by Gasteiger charge is 2.29. The summed E-state index contributed by atoms with van der Waals surface area (Å²) in [6, 6.07) is 14.3. The van der Waals surface area contributed by atoms with Gasteiger partial charge in [-0.25, -0.2) is 0 Å². The van der Waals surface area contributed by atoms with E-state index in [1.54, 1.807) is 6.08 Å². The topological polar surface area (TPSA) is 38.8 Å². The Kier molecular flexibility index (Phi) is 5.14. The Balaban J connectivity index is 1.53. The number of amides is 1. The van der Waals surface area contributed by atoms with Crippen LogP contribution in [0.3, 0.4) is 0 Å². The van der Waals surface area contributed by atoms with Crippen LogP contribution in [0.15, 0.2) is 48.5 Å². The number of nitrogens with zero attached hydrogens (tertiary/aromatic N) is 1. The van der Waals surface area contributed by atoms with Gasteiger partial charge < -0.3 is 14.4 Å². The summed E-state index contributed by atoms with van der Waals surface area (Å²) in [5.41, 5.74) is 3.37. The standard InChI is InChI=1S/C23H25NO3/c1-17-6-2-3-7-18(17)10-12-23(25)24-13-4-8-20(24)19-9-11-21-22(16-19)27-15-5-14-26-21/h2-3,6-7,9-12,16,20H,4-5,8,13-15H2,1H3/b12-10+. The SMILES string of the molecule is Cc1ccccc1/C=C/C(=O)N1CCCC1c1ccc2c(c1)OCCCO2. The van der Waals surface area contributed by atoms with Crippen molar-refractivity contribution in [2.24, 2.45) is 0 Å². The molecule has 4 rings (SSSR count). The van der Waals surface area contributed by atoms with Crippen molar-refractivity contribution in [3.05, 3.63) is 65.2 Å². The second-order valence-electron chi connectivity index (χ2n) is 7.14. The monoisotopic (exact) mass is 363 g/mol. The summed E-state index contributed by atoms with van der Waals surface area (Å²) in [5.74, 6) is 1.65. The van der Waals surface area contributed by atoms with Crippen LogP contribution in [-0.4, -0.2) is 30.6 Å². The van der Waals surface area contributed by atoms with Gasteiger partial charge in [0.25, 0.3) is 0 Å². The lowest BCUT2D eigenvalue weighted by atomic mass is 10.0. The minimum atomic E-state index is 0.0628. The smallest absolute Gasteiger partial charge is 0.247 e. The van der Waals surface area contributed by atoms with Crippen molar-refractivity contribution in [3.63, 3.8) is 0 Å². The van der Waals surface area contributed by atoms with E-state index in [0.717, 1.165) is 48.4 Å². The zero-order chi connectivity index (χ0) is 18.6. The highest BCUT2D eigenvalue weighted by molar-refractivity contribution is 5.92. The van der Waals surface area contributed by atoms with Crippen LogP contribution >= 0.6 is 0 Å². The summed E-state index contributed by atoms with van der Waals surface area (Å²) in [6.07, 6.45) is 6.50. The second-order valence-corrected chi connectivity index (χ2v) is 7.14. The largest absolute Gasteiger partial charge is 0.490 e. The molecule has 0 aromatic heterocycles. The Hall–Kier alpha value is -2.75. The average Bonchev–Trinajstić information content (AvgIpc) is 3.06. The van der Waals surface area contributed by atoms with Gasteiger partial charge in [-0.3, -0.25) is 4.79 Å². The molecule has 0 bridgehead atoms. The molecule has 2 aromatic carbocycles. The molecule has 0 spiro atoms. The molecule has 1 amide bonds. The number of benzene rings is 2. The van der Waals surface area contributed by atoms with Gasteiger partial charge in [-0.05, 0) is 54.7 Å². The first-order chi connectivity index (χ1) is 13.2. The lowest BCUT2D eigenvalue weighted by molar-refractivity contribution is -0.126. The molecule has 27 heavy (non-hydrogen) atoms. The lowest BCUT2D eigenvalue weighted by Crippen LogP contribution is -2.28. The molecule has 140 valence electrons. The van der Waals surface area contributed by atoms with E-state index in [-0.39, 0.29) is 11.9 Å². The summed E-state index contributed by atoms with van der Waals surface area (Å²) in [6.45, 7) is 4.20. The molecular weight excluding hydrogens is 338 g/mol. The van der Waals surface area contributed by atoms with Crippen molar-refractivity contribution in [2.75, 3.05) is 19.8 Å². The predicted molar refractivity (Wildman–Crippen MR) is 106 cm³/mol. The zero-order valence-electron chi connectivity index (χ0n) is 15.7. The number of hydrogen-bond donors (Lipinski definition) is 0. The van der Waals surface area contributed by atoms with E-state index >= 15 is 0 Å². The molecular formula is C23H25NO3. The van der Waals surface area contributed by atoms with E-state index in [4.69, 9.17) is 9.47 Å². The Morgan fingerprint density at radius 1 is 1.07 bits per heavy atom.